The van der Waals surface area contributed by atoms with Crippen LogP contribution in [0.1, 0.15) is 32.6 Å². The van der Waals surface area contributed by atoms with Gasteiger partial charge in [0.2, 0.25) is 0 Å². The minimum absolute atomic E-state index is 0.731. The molecule has 0 heterocycles. The molecule has 12 heavy (non-hydrogen) atoms. The Morgan fingerprint density at radius 3 is 2.42 bits per heavy atom. The maximum Gasteiger partial charge on any atom is 0.387 e. The summed E-state index contributed by atoms with van der Waals surface area (Å²) in [5.74, 6) is 0.860. The Labute approximate surface area is 77.1 Å². The van der Waals surface area contributed by atoms with Gasteiger partial charge in [0.15, 0.2) is 0 Å². The van der Waals surface area contributed by atoms with Crippen molar-refractivity contribution in [3.8, 4) is 0 Å². The number of rotatable bonds is 4. The molecule has 3 heteroatoms. The van der Waals surface area contributed by atoms with Gasteiger partial charge in [-0.05, 0) is 12.3 Å². The molecular formula is C9H19O2Si. The van der Waals surface area contributed by atoms with Gasteiger partial charge in [-0.3, -0.25) is 0 Å². The average molecular weight is 187 g/mol. The van der Waals surface area contributed by atoms with E-state index in [1.165, 1.54) is 25.7 Å². The molecule has 0 aromatic rings. The van der Waals surface area contributed by atoms with E-state index in [0.717, 1.165) is 11.5 Å². The minimum Gasteiger partial charge on any atom is -0.397 e. The molecule has 1 rings (SSSR count). The standard InChI is InChI=1S/C9H19O2Si/c1-4-8-6-5-7-9(8)12(10-2)11-3/h8-9H,4-7H2,1-3H3. The van der Waals surface area contributed by atoms with E-state index in [9.17, 15) is 0 Å². The van der Waals surface area contributed by atoms with E-state index in [1.54, 1.807) is 14.2 Å². The van der Waals surface area contributed by atoms with E-state index in [4.69, 9.17) is 8.85 Å². The van der Waals surface area contributed by atoms with Gasteiger partial charge in [0.25, 0.3) is 0 Å². The molecule has 1 radical (unpaired) electrons. The zero-order chi connectivity index (χ0) is 8.97. The first kappa shape index (κ1) is 10.2. The van der Waals surface area contributed by atoms with Crippen molar-refractivity contribution in [1.29, 1.82) is 0 Å². The molecule has 0 N–H and O–H groups in total. The zero-order valence-corrected chi connectivity index (χ0v) is 9.30. The van der Waals surface area contributed by atoms with Crippen molar-refractivity contribution < 1.29 is 8.85 Å². The fraction of sp³-hybridized carbons (Fsp3) is 1.00. The summed E-state index contributed by atoms with van der Waals surface area (Å²) in [6, 6.07) is 0. The van der Waals surface area contributed by atoms with Crippen LogP contribution in [0.3, 0.4) is 0 Å². The summed E-state index contributed by atoms with van der Waals surface area (Å²) < 4.78 is 10.8. The molecule has 1 fully saturated rings. The quantitative estimate of drug-likeness (QED) is 0.629. The lowest BCUT2D eigenvalue weighted by atomic mass is 10.1. The van der Waals surface area contributed by atoms with Gasteiger partial charge < -0.3 is 8.85 Å². The predicted octanol–water partition coefficient (Wildman–Crippen LogP) is 2.35. The van der Waals surface area contributed by atoms with Crippen molar-refractivity contribution >= 4 is 9.28 Å². The van der Waals surface area contributed by atoms with Gasteiger partial charge in [-0.25, -0.2) is 0 Å². The monoisotopic (exact) mass is 187 g/mol. The minimum atomic E-state index is -0.961. The van der Waals surface area contributed by atoms with Crippen LogP contribution in [-0.4, -0.2) is 23.5 Å². The van der Waals surface area contributed by atoms with Crippen molar-refractivity contribution in [2.75, 3.05) is 14.2 Å². The van der Waals surface area contributed by atoms with Crippen molar-refractivity contribution in [2.45, 2.75) is 38.1 Å². The average Bonchev–Trinajstić information content (AvgIpc) is 2.55. The maximum absolute atomic E-state index is 5.40. The smallest absolute Gasteiger partial charge is 0.387 e. The molecule has 0 spiro atoms. The Morgan fingerprint density at radius 2 is 1.92 bits per heavy atom. The van der Waals surface area contributed by atoms with Crippen molar-refractivity contribution in [2.24, 2.45) is 5.92 Å². The van der Waals surface area contributed by atoms with Gasteiger partial charge in [-0.1, -0.05) is 26.2 Å². The molecule has 0 amide bonds. The maximum atomic E-state index is 5.40. The molecule has 1 aliphatic carbocycles. The summed E-state index contributed by atoms with van der Waals surface area (Å²) in [7, 11) is 2.60. The van der Waals surface area contributed by atoms with Crippen molar-refractivity contribution in [1.82, 2.24) is 0 Å². The van der Waals surface area contributed by atoms with Gasteiger partial charge in [-0.15, -0.1) is 0 Å². The lowest BCUT2D eigenvalue weighted by Crippen LogP contribution is -2.28. The van der Waals surface area contributed by atoms with Crippen LogP contribution in [0.4, 0.5) is 0 Å². The molecule has 1 aliphatic rings. The van der Waals surface area contributed by atoms with Crippen molar-refractivity contribution in [3.63, 3.8) is 0 Å². The highest BCUT2D eigenvalue weighted by Gasteiger charge is 2.36. The third kappa shape index (κ3) is 2.09. The van der Waals surface area contributed by atoms with Crippen LogP contribution in [0.5, 0.6) is 0 Å². The van der Waals surface area contributed by atoms with E-state index in [-0.39, 0.29) is 0 Å². The third-order valence-electron chi connectivity index (χ3n) is 2.89. The second-order valence-corrected chi connectivity index (χ2v) is 5.63. The summed E-state index contributed by atoms with van der Waals surface area (Å²) in [6.07, 6.45) is 5.34. The topological polar surface area (TPSA) is 18.5 Å². The molecule has 1 saturated carbocycles. The molecule has 2 unspecified atom stereocenters. The highest BCUT2D eigenvalue weighted by atomic mass is 28.3. The first-order valence-corrected chi connectivity index (χ1v) is 6.17. The molecular weight excluding hydrogens is 168 g/mol. The number of hydrogen-bond acceptors (Lipinski definition) is 2. The molecule has 71 valence electrons. The summed E-state index contributed by atoms with van der Waals surface area (Å²) in [5.41, 5.74) is 0.731. The Bertz CT molecular complexity index is 126. The van der Waals surface area contributed by atoms with E-state index < -0.39 is 9.28 Å². The Balaban J connectivity index is 2.47. The fourth-order valence-electron chi connectivity index (χ4n) is 2.22. The van der Waals surface area contributed by atoms with E-state index >= 15 is 0 Å². The van der Waals surface area contributed by atoms with E-state index in [0.29, 0.717) is 0 Å². The summed E-state index contributed by atoms with van der Waals surface area (Å²) in [4.78, 5) is 0. The van der Waals surface area contributed by atoms with E-state index in [1.807, 2.05) is 0 Å². The Kier molecular flexibility index (Phi) is 4.25. The summed E-state index contributed by atoms with van der Waals surface area (Å²) in [6.45, 7) is 2.27. The largest absolute Gasteiger partial charge is 0.397 e. The second-order valence-electron chi connectivity index (χ2n) is 3.43. The zero-order valence-electron chi connectivity index (χ0n) is 8.30. The van der Waals surface area contributed by atoms with Crippen LogP contribution < -0.4 is 0 Å². The van der Waals surface area contributed by atoms with Crippen LogP contribution in [0, 0.1) is 5.92 Å². The molecule has 0 aromatic heterocycles. The van der Waals surface area contributed by atoms with Gasteiger partial charge in [0.05, 0.1) is 0 Å². The van der Waals surface area contributed by atoms with Gasteiger partial charge in [0, 0.05) is 19.8 Å². The Hall–Kier alpha value is 0.137. The third-order valence-corrected chi connectivity index (χ3v) is 5.06. The van der Waals surface area contributed by atoms with Crippen LogP contribution in [0.15, 0.2) is 0 Å². The van der Waals surface area contributed by atoms with E-state index in [2.05, 4.69) is 6.92 Å². The molecule has 0 bridgehead atoms. The number of hydrogen-bond donors (Lipinski definition) is 0. The SMILES string of the molecule is CCC1CCCC1[Si](OC)OC. The van der Waals surface area contributed by atoms with Crippen LogP contribution in [0.25, 0.3) is 0 Å². The van der Waals surface area contributed by atoms with Crippen LogP contribution in [-0.2, 0) is 8.85 Å². The molecule has 2 nitrogen and oxygen atoms in total. The summed E-state index contributed by atoms with van der Waals surface area (Å²) in [5, 5.41) is 0. The lowest BCUT2D eigenvalue weighted by Gasteiger charge is -2.21. The van der Waals surface area contributed by atoms with Crippen LogP contribution in [0.2, 0.25) is 5.54 Å². The molecule has 0 aromatic carbocycles. The predicted molar refractivity (Wildman–Crippen MR) is 51.2 cm³/mol. The van der Waals surface area contributed by atoms with Crippen molar-refractivity contribution in [3.05, 3.63) is 0 Å². The molecule has 2 atom stereocenters. The van der Waals surface area contributed by atoms with Gasteiger partial charge in [-0.2, -0.15) is 0 Å². The van der Waals surface area contributed by atoms with Crippen LogP contribution >= 0.6 is 0 Å². The fourth-order valence-corrected chi connectivity index (χ4v) is 4.22. The van der Waals surface area contributed by atoms with Gasteiger partial charge >= 0.3 is 9.28 Å². The highest BCUT2D eigenvalue weighted by Crippen LogP contribution is 2.40. The molecule has 0 saturated heterocycles. The molecule has 0 aliphatic heterocycles. The highest BCUT2D eigenvalue weighted by molar-refractivity contribution is 6.46. The second kappa shape index (κ2) is 4.99. The first-order chi connectivity index (χ1) is 5.83. The van der Waals surface area contributed by atoms with Gasteiger partial charge in [0.1, 0.15) is 0 Å². The normalized spacial score (nSPS) is 30.0. The summed E-state index contributed by atoms with van der Waals surface area (Å²) >= 11 is 0. The first-order valence-electron chi connectivity index (χ1n) is 4.78. The Morgan fingerprint density at radius 1 is 1.25 bits per heavy atom. The lowest BCUT2D eigenvalue weighted by molar-refractivity contribution is 0.254.